The Balaban J connectivity index is 1.99. The highest BCUT2D eigenvalue weighted by Crippen LogP contribution is 2.39. The minimum atomic E-state index is -0.227. The van der Waals surface area contributed by atoms with Gasteiger partial charge in [-0.05, 0) is 49.4 Å². The number of aromatic nitrogens is 1. The lowest BCUT2D eigenvalue weighted by Crippen LogP contribution is -2.32. The van der Waals surface area contributed by atoms with Crippen molar-refractivity contribution in [3.05, 3.63) is 29.6 Å². The van der Waals surface area contributed by atoms with E-state index in [-0.39, 0.29) is 5.82 Å². The molecule has 21 heavy (non-hydrogen) atoms. The van der Waals surface area contributed by atoms with Gasteiger partial charge in [0.05, 0.1) is 0 Å². The van der Waals surface area contributed by atoms with Crippen molar-refractivity contribution in [1.29, 1.82) is 0 Å². The number of rotatable bonds is 2. The number of thiazole rings is 1. The molecular formula is C16H20FN3S. The first-order valence-corrected chi connectivity index (χ1v) is 8.13. The van der Waals surface area contributed by atoms with Crippen LogP contribution in [0.3, 0.4) is 0 Å². The second-order valence-electron chi connectivity index (χ2n) is 5.89. The number of aryl methyl sites for hydroxylation is 1. The number of nitrogen functional groups attached to an aromatic ring is 1. The molecule has 0 saturated carbocycles. The molecule has 1 aliphatic rings. The van der Waals surface area contributed by atoms with Crippen LogP contribution in [0.4, 0.5) is 14.5 Å². The van der Waals surface area contributed by atoms with Gasteiger partial charge in [-0.15, -0.1) is 0 Å². The molecule has 1 saturated heterocycles. The van der Waals surface area contributed by atoms with E-state index in [9.17, 15) is 4.39 Å². The summed E-state index contributed by atoms with van der Waals surface area (Å²) in [6, 6.07) is 5.03. The predicted octanol–water partition coefficient (Wildman–Crippen LogP) is 4.08. The molecule has 0 unspecified atom stereocenters. The molecule has 0 amide bonds. The van der Waals surface area contributed by atoms with Crippen LogP contribution in [-0.2, 0) is 0 Å². The summed E-state index contributed by atoms with van der Waals surface area (Å²) in [5.41, 5.74) is 8.44. The minimum Gasteiger partial charge on any atom is -0.375 e. The van der Waals surface area contributed by atoms with E-state index < -0.39 is 0 Å². The molecule has 1 aliphatic heterocycles. The highest BCUT2D eigenvalue weighted by Gasteiger charge is 2.22. The van der Waals surface area contributed by atoms with E-state index in [1.807, 2.05) is 13.0 Å². The molecule has 0 aliphatic carbocycles. The molecule has 3 rings (SSSR count). The summed E-state index contributed by atoms with van der Waals surface area (Å²) in [5, 5.41) is 1.62. The predicted molar refractivity (Wildman–Crippen MR) is 87.3 cm³/mol. The zero-order valence-corrected chi connectivity index (χ0v) is 13.2. The number of nitrogens with two attached hydrogens (primary N) is 1. The SMILES string of the molecule is Cc1cc(F)cc(-c2nc(N)sc2N2CCC(C)CC2)c1. The van der Waals surface area contributed by atoms with E-state index in [0.717, 1.165) is 40.8 Å². The van der Waals surface area contributed by atoms with Gasteiger partial charge in [-0.1, -0.05) is 18.3 Å². The van der Waals surface area contributed by atoms with Crippen LogP contribution in [-0.4, -0.2) is 18.1 Å². The maximum atomic E-state index is 13.7. The lowest BCUT2D eigenvalue weighted by Gasteiger charge is -2.31. The zero-order valence-electron chi connectivity index (χ0n) is 12.4. The fraction of sp³-hybridized carbons (Fsp3) is 0.438. The first-order valence-electron chi connectivity index (χ1n) is 7.32. The average Bonchev–Trinajstić information content (AvgIpc) is 2.80. The topological polar surface area (TPSA) is 42.1 Å². The van der Waals surface area contributed by atoms with E-state index in [1.165, 1.54) is 36.3 Å². The van der Waals surface area contributed by atoms with Gasteiger partial charge in [-0.25, -0.2) is 9.37 Å². The maximum absolute atomic E-state index is 13.7. The van der Waals surface area contributed by atoms with Crippen LogP contribution < -0.4 is 10.6 Å². The van der Waals surface area contributed by atoms with Gasteiger partial charge in [0.2, 0.25) is 0 Å². The van der Waals surface area contributed by atoms with Gasteiger partial charge in [-0.2, -0.15) is 0 Å². The van der Waals surface area contributed by atoms with Crippen molar-refractivity contribution in [3.8, 4) is 11.3 Å². The van der Waals surface area contributed by atoms with Crippen LogP contribution in [0.1, 0.15) is 25.3 Å². The Morgan fingerprint density at radius 1 is 1.29 bits per heavy atom. The van der Waals surface area contributed by atoms with Crippen molar-refractivity contribution < 1.29 is 4.39 Å². The van der Waals surface area contributed by atoms with Crippen LogP contribution >= 0.6 is 11.3 Å². The van der Waals surface area contributed by atoms with Crippen molar-refractivity contribution in [1.82, 2.24) is 4.98 Å². The van der Waals surface area contributed by atoms with Crippen molar-refractivity contribution in [3.63, 3.8) is 0 Å². The third kappa shape index (κ3) is 3.02. The molecule has 2 aromatic rings. The zero-order chi connectivity index (χ0) is 15.0. The Morgan fingerprint density at radius 3 is 2.67 bits per heavy atom. The number of benzene rings is 1. The number of anilines is 2. The van der Waals surface area contributed by atoms with Crippen LogP contribution in [0.5, 0.6) is 0 Å². The van der Waals surface area contributed by atoms with Crippen LogP contribution in [0.15, 0.2) is 18.2 Å². The molecule has 2 N–H and O–H groups in total. The molecule has 2 heterocycles. The first kappa shape index (κ1) is 14.3. The molecule has 1 aromatic heterocycles. The summed E-state index contributed by atoms with van der Waals surface area (Å²) in [6.07, 6.45) is 2.36. The molecule has 0 radical (unpaired) electrons. The lowest BCUT2D eigenvalue weighted by molar-refractivity contribution is 0.440. The summed E-state index contributed by atoms with van der Waals surface area (Å²) in [7, 11) is 0. The third-order valence-electron chi connectivity index (χ3n) is 4.01. The monoisotopic (exact) mass is 305 g/mol. The number of halogens is 1. The molecule has 5 heteroatoms. The molecule has 0 spiro atoms. The second kappa shape index (κ2) is 5.64. The van der Waals surface area contributed by atoms with E-state index in [1.54, 1.807) is 0 Å². The van der Waals surface area contributed by atoms with E-state index >= 15 is 0 Å². The third-order valence-corrected chi connectivity index (χ3v) is 4.96. The molecule has 1 fully saturated rings. The van der Waals surface area contributed by atoms with Crippen molar-refractivity contribution in [2.24, 2.45) is 5.92 Å². The van der Waals surface area contributed by atoms with Crippen molar-refractivity contribution >= 4 is 21.5 Å². The van der Waals surface area contributed by atoms with Gasteiger partial charge in [0.25, 0.3) is 0 Å². The fourth-order valence-corrected chi connectivity index (χ4v) is 3.72. The fourth-order valence-electron chi connectivity index (χ4n) is 2.82. The Labute approximate surface area is 128 Å². The molecule has 0 bridgehead atoms. The van der Waals surface area contributed by atoms with Crippen molar-refractivity contribution in [2.45, 2.75) is 26.7 Å². The van der Waals surface area contributed by atoms with Crippen molar-refractivity contribution in [2.75, 3.05) is 23.7 Å². The molecule has 1 aromatic carbocycles. The van der Waals surface area contributed by atoms with Gasteiger partial charge >= 0.3 is 0 Å². The maximum Gasteiger partial charge on any atom is 0.182 e. The molecule has 0 atom stereocenters. The lowest BCUT2D eigenvalue weighted by atomic mass is 9.99. The van der Waals surface area contributed by atoms with Gasteiger partial charge in [0, 0.05) is 18.7 Å². The quantitative estimate of drug-likeness (QED) is 0.909. The van der Waals surface area contributed by atoms with Gasteiger partial charge in [-0.3, -0.25) is 0 Å². The average molecular weight is 305 g/mol. The minimum absolute atomic E-state index is 0.227. The summed E-state index contributed by atoms with van der Waals surface area (Å²) in [6.45, 7) is 6.22. The van der Waals surface area contributed by atoms with Gasteiger partial charge < -0.3 is 10.6 Å². The number of hydrogen-bond donors (Lipinski definition) is 1. The Kier molecular flexibility index (Phi) is 3.85. The summed E-state index contributed by atoms with van der Waals surface area (Å²) < 4.78 is 13.7. The highest BCUT2D eigenvalue weighted by molar-refractivity contribution is 7.19. The number of nitrogens with zero attached hydrogens (tertiary/aromatic N) is 2. The smallest absolute Gasteiger partial charge is 0.182 e. The van der Waals surface area contributed by atoms with Crippen LogP contribution in [0.25, 0.3) is 11.3 Å². The van der Waals surface area contributed by atoms with Crippen LogP contribution in [0.2, 0.25) is 0 Å². The largest absolute Gasteiger partial charge is 0.375 e. The summed E-state index contributed by atoms with van der Waals surface area (Å²) >= 11 is 1.50. The van der Waals surface area contributed by atoms with Crippen LogP contribution in [0, 0.1) is 18.7 Å². The van der Waals surface area contributed by atoms with E-state index in [4.69, 9.17) is 5.73 Å². The van der Waals surface area contributed by atoms with E-state index in [0.29, 0.717) is 5.13 Å². The molecule has 3 nitrogen and oxygen atoms in total. The second-order valence-corrected chi connectivity index (χ2v) is 6.90. The van der Waals surface area contributed by atoms with Gasteiger partial charge in [0.1, 0.15) is 16.5 Å². The first-order chi connectivity index (χ1) is 10.0. The normalized spacial score (nSPS) is 16.4. The summed E-state index contributed by atoms with van der Waals surface area (Å²) in [4.78, 5) is 6.78. The Morgan fingerprint density at radius 2 is 2.00 bits per heavy atom. The number of hydrogen-bond acceptors (Lipinski definition) is 4. The molecule has 112 valence electrons. The van der Waals surface area contributed by atoms with Gasteiger partial charge in [0.15, 0.2) is 5.13 Å². The standard InChI is InChI=1S/C16H20FN3S/c1-10-3-5-20(6-4-10)15-14(19-16(18)21-15)12-7-11(2)8-13(17)9-12/h7-10H,3-6H2,1-2H3,(H2,18,19). The highest BCUT2D eigenvalue weighted by atomic mass is 32.1. The Bertz CT molecular complexity index is 625. The molecular weight excluding hydrogens is 285 g/mol. The van der Waals surface area contributed by atoms with E-state index in [2.05, 4.69) is 16.8 Å². The Hall–Kier alpha value is -1.62. The number of piperidine rings is 1. The summed E-state index contributed by atoms with van der Waals surface area (Å²) in [5.74, 6) is 0.543.